The van der Waals surface area contributed by atoms with E-state index in [0.717, 1.165) is 179 Å². The standard InChI is InChI=1S/2C26H35FN4O4.H2S/c2*1-18(19-6-10-32-11-7-19)35-24-3-2-21(27)12-23(24)20-4-8-30(9-5-20)22-13-26(34-14-22)15-31(16-26)25-29-28-17-33-25;/h2*2-3,12,17-20,22H,4-11,13-16H2,1H3;1H2/t18-,22+;18-,22-;/m10./s1. The highest BCUT2D eigenvalue weighted by Gasteiger charge is 2.54. The lowest BCUT2D eigenvalue weighted by Gasteiger charge is -2.46. The Morgan fingerprint density at radius 1 is 0.577 bits per heavy atom. The van der Waals surface area contributed by atoms with E-state index in [1.807, 2.05) is 12.1 Å². The first-order valence-corrected chi connectivity index (χ1v) is 26.0. The first-order valence-electron chi connectivity index (χ1n) is 26.0. The van der Waals surface area contributed by atoms with Crippen LogP contribution in [0.2, 0.25) is 0 Å². The van der Waals surface area contributed by atoms with E-state index in [0.29, 0.717) is 47.8 Å². The van der Waals surface area contributed by atoms with E-state index in [-0.39, 0.29) is 48.5 Å². The fourth-order valence-corrected chi connectivity index (χ4v) is 12.7. The van der Waals surface area contributed by atoms with Crippen molar-refractivity contribution >= 4 is 25.5 Å². The largest absolute Gasteiger partial charge is 0.490 e. The molecule has 4 aromatic rings. The van der Waals surface area contributed by atoms with Gasteiger partial charge in [0, 0.05) is 49.6 Å². The van der Waals surface area contributed by atoms with Gasteiger partial charge >= 0.3 is 12.0 Å². The molecule has 10 heterocycles. The summed E-state index contributed by atoms with van der Waals surface area (Å²) < 4.78 is 75.5. The summed E-state index contributed by atoms with van der Waals surface area (Å²) >= 11 is 0. The zero-order valence-corrected chi connectivity index (χ0v) is 42.3. The molecule has 0 N–H and O–H groups in total. The summed E-state index contributed by atoms with van der Waals surface area (Å²) in [4.78, 5) is 9.28. The summed E-state index contributed by atoms with van der Waals surface area (Å²) in [6.07, 6.45) is 13.1. The van der Waals surface area contributed by atoms with Crippen molar-refractivity contribution in [2.24, 2.45) is 11.8 Å². The second-order valence-corrected chi connectivity index (χ2v) is 21.4. The van der Waals surface area contributed by atoms with Crippen molar-refractivity contribution in [2.45, 2.75) is 125 Å². The van der Waals surface area contributed by atoms with E-state index in [2.05, 4.69) is 53.8 Å². The summed E-state index contributed by atoms with van der Waals surface area (Å²) in [7, 11) is 0. The molecule has 0 amide bonds. The number of halogens is 2. The molecule has 8 aliphatic rings. The molecule has 71 heavy (non-hydrogen) atoms. The van der Waals surface area contributed by atoms with Crippen LogP contribution in [0, 0.1) is 23.5 Å². The number of hydrogen-bond donors (Lipinski definition) is 0. The summed E-state index contributed by atoms with van der Waals surface area (Å²) in [5.41, 5.74) is 1.86. The molecule has 8 fully saturated rings. The van der Waals surface area contributed by atoms with Crippen molar-refractivity contribution < 1.29 is 46.0 Å². The van der Waals surface area contributed by atoms with Gasteiger partial charge in [-0.3, -0.25) is 9.80 Å². The van der Waals surface area contributed by atoms with Crippen LogP contribution in [0.3, 0.4) is 0 Å². The van der Waals surface area contributed by atoms with E-state index in [1.54, 1.807) is 12.1 Å². The lowest BCUT2D eigenvalue weighted by Crippen LogP contribution is -2.62. The number of hydrogen-bond acceptors (Lipinski definition) is 16. The molecule has 2 spiro atoms. The molecule has 388 valence electrons. The summed E-state index contributed by atoms with van der Waals surface area (Å²) in [6.45, 7) is 16.2. The van der Waals surface area contributed by atoms with Gasteiger partial charge in [0.25, 0.3) is 0 Å². The molecule has 0 saturated carbocycles. The molecule has 12 rings (SSSR count). The molecule has 0 unspecified atom stereocenters. The average molecular weight is 1010 g/mol. The van der Waals surface area contributed by atoms with Crippen molar-refractivity contribution in [3.8, 4) is 11.5 Å². The summed E-state index contributed by atoms with van der Waals surface area (Å²) in [5.74, 6) is 2.93. The van der Waals surface area contributed by atoms with Crippen LogP contribution in [0.15, 0.2) is 58.0 Å². The summed E-state index contributed by atoms with van der Waals surface area (Å²) in [6, 6.07) is 12.1. The highest BCUT2D eigenvalue weighted by atomic mass is 32.1. The smallest absolute Gasteiger partial charge is 0.318 e. The zero-order valence-electron chi connectivity index (χ0n) is 41.3. The predicted octanol–water partition coefficient (Wildman–Crippen LogP) is 7.37. The number of anilines is 2. The number of likely N-dealkylation sites (tertiary alicyclic amines) is 2. The molecule has 16 nitrogen and oxygen atoms in total. The van der Waals surface area contributed by atoms with E-state index in [4.69, 9.17) is 37.3 Å². The van der Waals surface area contributed by atoms with Gasteiger partial charge in [-0.25, -0.2) is 8.78 Å². The van der Waals surface area contributed by atoms with Crippen LogP contribution in [-0.4, -0.2) is 158 Å². The van der Waals surface area contributed by atoms with Crippen molar-refractivity contribution in [3.05, 3.63) is 71.9 Å². The van der Waals surface area contributed by atoms with Crippen molar-refractivity contribution in [3.63, 3.8) is 0 Å². The number of aromatic nitrogens is 4. The van der Waals surface area contributed by atoms with Gasteiger partial charge in [0.15, 0.2) is 0 Å². The maximum absolute atomic E-state index is 14.3. The third-order valence-corrected chi connectivity index (χ3v) is 16.9. The number of ether oxygens (including phenoxy) is 6. The van der Waals surface area contributed by atoms with E-state index in [9.17, 15) is 8.78 Å². The minimum Gasteiger partial charge on any atom is -0.490 e. The maximum atomic E-state index is 14.3. The highest BCUT2D eigenvalue weighted by Crippen LogP contribution is 2.44. The molecule has 0 radical (unpaired) electrons. The molecule has 4 atom stereocenters. The van der Waals surface area contributed by atoms with Gasteiger partial charge in [-0.1, -0.05) is 10.2 Å². The van der Waals surface area contributed by atoms with Gasteiger partial charge in [0.1, 0.15) is 34.3 Å². The minimum absolute atomic E-state index is 0. The molecule has 2 aromatic heterocycles. The molecule has 8 saturated heterocycles. The van der Waals surface area contributed by atoms with Crippen LogP contribution in [0.5, 0.6) is 11.5 Å². The monoisotopic (exact) mass is 1010 g/mol. The Hall–Kier alpha value is -4.11. The van der Waals surface area contributed by atoms with Crippen LogP contribution >= 0.6 is 13.5 Å². The minimum atomic E-state index is -0.185. The molecule has 2 aromatic carbocycles. The quantitative estimate of drug-likeness (QED) is 0.139. The Morgan fingerprint density at radius 3 is 1.34 bits per heavy atom. The third kappa shape index (κ3) is 11.4. The molecule has 8 aliphatic heterocycles. The summed E-state index contributed by atoms with van der Waals surface area (Å²) in [5, 5.41) is 15.5. The molecule has 0 aliphatic carbocycles. The predicted molar refractivity (Wildman–Crippen MR) is 265 cm³/mol. The fourth-order valence-electron chi connectivity index (χ4n) is 12.7. The number of nitrogens with zero attached hydrogens (tertiary/aromatic N) is 8. The van der Waals surface area contributed by atoms with Gasteiger partial charge < -0.3 is 47.1 Å². The van der Waals surface area contributed by atoms with E-state index < -0.39 is 0 Å². The van der Waals surface area contributed by atoms with Crippen molar-refractivity contribution in [1.29, 1.82) is 0 Å². The average Bonchev–Trinajstić information content (AvgIpc) is 4.24. The van der Waals surface area contributed by atoms with Crippen LogP contribution in [-0.2, 0) is 18.9 Å². The molecule has 0 bridgehead atoms. The second-order valence-electron chi connectivity index (χ2n) is 21.4. The van der Waals surface area contributed by atoms with Gasteiger partial charge in [-0.15, -0.1) is 10.2 Å². The van der Waals surface area contributed by atoms with Crippen LogP contribution in [0.25, 0.3) is 0 Å². The maximum Gasteiger partial charge on any atom is 0.318 e. The number of rotatable bonds is 12. The van der Waals surface area contributed by atoms with Crippen molar-refractivity contribution in [1.82, 2.24) is 30.2 Å². The Bertz CT molecular complexity index is 2140. The molecule has 19 heteroatoms. The van der Waals surface area contributed by atoms with Gasteiger partial charge in [-0.2, -0.15) is 13.5 Å². The van der Waals surface area contributed by atoms with Gasteiger partial charge in [0.2, 0.25) is 12.8 Å². The first-order chi connectivity index (χ1) is 34.2. The second kappa shape index (κ2) is 22.2. The Kier molecular flexibility index (Phi) is 15.7. The van der Waals surface area contributed by atoms with Crippen molar-refractivity contribution in [2.75, 3.05) is 102 Å². The SMILES string of the molecule is C[C@@H](Oc1ccc(F)cc1C1CCN([C@@H]2COC3(C2)CN(c2nnco2)C3)CC1)C1CCOCC1.C[C@H](Oc1ccc(F)cc1C1CCN([C@@H]2COC3(C2)CN(c2nnco2)C3)CC1)C1CCOCC1.S. The zero-order chi connectivity index (χ0) is 47.7. The topological polar surface area (TPSA) is 146 Å². The van der Waals surface area contributed by atoms with Gasteiger partial charge in [-0.05, 0) is 164 Å². The normalized spacial score (nSPS) is 26.3. The van der Waals surface area contributed by atoms with Crippen LogP contribution in [0.1, 0.15) is 101 Å². The lowest BCUT2D eigenvalue weighted by atomic mass is 9.86. The highest BCUT2D eigenvalue weighted by molar-refractivity contribution is 7.59. The third-order valence-electron chi connectivity index (χ3n) is 16.9. The lowest BCUT2D eigenvalue weighted by molar-refractivity contribution is -0.0217. The fraction of sp³-hybridized carbons (Fsp3) is 0.692. The Labute approximate surface area is 422 Å². The number of benzene rings is 2. The van der Waals surface area contributed by atoms with E-state index in [1.165, 1.54) is 24.9 Å². The molecular weight excluding hydrogens is 935 g/mol. The Balaban J connectivity index is 0.000000162. The van der Waals surface area contributed by atoms with E-state index >= 15 is 0 Å². The number of piperidine rings is 2. The molecular formula is C52H72F2N8O8S. The van der Waals surface area contributed by atoms with Crippen LogP contribution < -0.4 is 19.3 Å². The van der Waals surface area contributed by atoms with Crippen LogP contribution in [0.4, 0.5) is 20.8 Å². The Morgan fingerprint density at radius 2 is 0.972 bits per heavy atom. The van der Waals surface area contributed by atoms with Gasteiger partial charge in [0.05, 0.1) is 51.6 Å². The first kappa shape index (κ1) is 50.4.